The molecule has 0 aliphatic heterocycles. The van der Waals surface area contributed by atoms with Gasteiger partial charge in [0.25, 0.3) is 10.1 Å². The highest BCUT2D eigenvalue weighted by Crippen LogP contribution is 2.13. The van der Waals surface area contributed by atoms with Crippen molar-refractivity contribution in [3.05, 3.63) is 29.3 Å². The lowest BCUT2D eigenvalue weighted by molar-refractivity contribution is 0.483. The molecule has 0 atom stereocenters. The molecule has 5 heteroatoms. The molecule has 0 heterocycles. The highest BCUT2D eigenvalue weighted by Gasteiger charge is 2.08. The Bertz CT molecular complexity index is 398. The Morgan fingerprint density at radius 2 is 1.69 bits per heavy atom. The second-order valence-electron chi connectivity index (χ2n) is 2.72. The summed E-state index contributed by atoms with van der Waals surface area (Å²) in [5.74, 6) is 0. The summed E-state index contributed by atoms with van der Waals surface area (Å²) < 4.78 is 30.0. The summed E-state index contributed by atoms with van der Waals surface area (Å²) in [7, 11) is -4.04. The predicted octanol–water partition coefficient (Wildman–Crippen LogP) is 1.17. The van der Waals surface area contributed by atoms with E-state index >= 15 is 0 Å². The standard InChI is InChI=1S/C8H10O3S.Al/c1-6-3-4-8(5-7(6)2)12(9,10)11;/h3-5H,1-2H3,(H,9,10,11);. The maximum absolute atomic E-state index is 10.7. The number of aryl methyl sites for hydroxylation is 2. The van der Waals surface area contributed by atoms with E-state index in [1.165, 1.54) is 12.1 Å². The molecule has 0 fully saturated rings. The van der Waals surface area contributed by atoms with E-state index < -0.39 is 10.1 Å². The fraction of sp³-hybridized carbons (Fsp3) is 0.250. The molecule has 3 radical (unpaired) electrons. The van der Waals surface area contributed by atoms with Crippen LogP contribution < -0.4 is 0 Å². The fourth-order valence-electron chi connectivity index (χ4n) is 0.874. The molecular formula is C8H10AlO3S. The molecule has 0 saturated heterocycles. The third kappa shape index (κ3) is 3.13. The summed E-state index contributed by atoms with van der Waals surface area (Å²) in [5.41, 5.74) is 1.85. The van der Waals surface area contributed by atoms with E-state index in [0.29, 0.717) is 0 Å². The minimum atomic E-state index is -4.04. The summed E-state index contributed by atoms with van der Waals surface area (Å²) in [6.07, 6.45) is 0. The number of benzene rings is 1. The third-order valence-corrected chi connectivity index (χ3v) is 2.63. The van der Waals surface area contributed by atoms with Gasteiger partial charge in [0.1, 0.15) is 0 Å². The van der Waals surface area contributed by atoms with Gasteiger partial charge in [-0.25, -0.2) is 0 Å². The Labute approximate surface area is 88.7 Å². The first-order valence-corrected chi connectivity index (χ1v) is 4.90. The van der Waals surface area contributed by atoms with Crippen molar-refractivity contribution in [3.8, 4) is 0 Å². The molecule has 0 saturated carbocycles. The van der Waals surface area contributed by atoms with Gasteiger partial charge < -0.3 is 0 Å². The lowest BCUT2D eigenvalue weighted by Crippen LogP contribution is -1.98. The predicted molar refractivity (Wildman–Crippen MR) is 51.5 cm³/mol. The van der Waals surface area contributed by atoms with Crippen LogP contribution in [0.4, 0.5) is 0 Å². The molecule has 0 unspecified atom stereocenters. The highest BCUT2D eigenvalue weighted by atomic mass is 32.2. The normalized spacial score (nSPS) is 10.7. The summed E-state index contributed by atoms with van der Waals surface area (Å²) in [4.78, 5) is -0.0504. The van der Waals surface area contributed by atoms with Crippen LogP contribution in [0, 0.1) is 13.8 Å². The lowest BCUT2D eigenvalue weighted by Gasteiger charge is -2.01. The van der Waals surface area contributed by atoms with Crippen molar-refractivity contribution in [1.29, 1.82) is 0 Å². The van der Waals surface area contributed by atoms with Crippen LogP contribution >= 0.6 is 0 Å². The smallest absolute Gasteiger partial charge is 0.282 e. The molecule has 3 nitrogen and oxygen atoms in total. The van der Waals surface area contributed by atoms with Crippen LogP contribution in [0.1, 0.15) is 11.1 Å². The summed E-state index contributed by atoms with van der Waals surface area (Å²) in [5, 5.41) is 0. The Kier molecular flexibility index (Phi) is 4.14. The maximum atomic E-state index is 10.7. The van der Waals surface area contributed by atoms with Crippen molar-refractivity contribution in [2.24, 2.45) is 0 Å². The van der Waals surface area contributed by atoms with E-state index in [4.69, 9.17) is 4.55 Å². The van der Waals surface area contributed by atoms with Gasteiger partial charge >= 0.3 is 0 Å². The first kappa shape index (κ1) is 12.7. The first-order valence-electron chi connectivity index (χ1n) is 3.46. The van der Waals surface area contributed by atoms with Gasteiger partial charge in [0, 0.05) is 17.4 Å². The first-order chi connectivity index (χ1) is 5.41. The van der Waals surface area contributed by atoms with Gasteiger partial charge in [-0.05, 0) is 37.1 Å². The topological polar surface area (TPSA) is 54.4 Å². The summed E-state index contributed by atoms with van der Waals surface area (Å²) in [6, 6.07) is 4.50. The van der Waals surface area contributed by atoms with Crippen LogP contribution in [0.15, 0.2) is 23.1 Å². The second-order valence-corrected chi connectivity index (χ2v) is 4.14. The summed E-state index contributed by atoms with van der Waals surface area (Å²) in [6.45, 7) is 3.67. The minimum Gasteiger partial charge on any atom is -0.282 e. The van der Waals surface area contributed by atoms with Gasteiger partial charge in [0.05, 0.1) is 4.90 Å². The second kappa shape index (κ2) is 4.25. The molecular weight excluding hydrogens is 203 g/mol. The molecule has 0 aliphatic carbocycles. The molecule has 0 bridgehead atoms. The van der Waals surface area contributed by atoms with E-state index in [1.807, 2.05) is 6.92 Å². The number of hydrogen-bond donors (Lipinski definition) is 1. The van der Waals surface area contributed by atoms with E-state index in [9.17, 15) is 8.42 Å². The number of rotatable bonds is 1. The maximum Gasteiger partial charge on any atom is 0.294 e. The van der Waals surface area contributed by atoms with Crippen molar-refractivity contribution in [2.75, 3.05) is 0 Å². The van der Waals surface area contributed by atoms with Crippen molar-refractivity contribution in [1.82, 2.24) is 0 Å². The molecule has 1 aromatic carbocycles. The zero-order valence-electron chi connectivity index (χ0n) is 7.48. The molecule has 0 aromatic heterocycles. The Morgan fingerprint density at radius 1 is 1.15 bits per heavy atom. The zero-order valence-corrected chi connectivity index (χ0v) is 9.45. The molecule has 69 valence electrons. The highest BCUT2D eigenvalue weighted by molar-refractivity contribution is 7.85. The van der Waals surface area contributed by atoms with Gasteiger partial charge in [-0.3, -0.25) is 4.55 Å². The van der Waals surface area contributed by atoms with Crippen LogP contribution in [0.25, 0.3) is 0 Å². The molecule has 0 spiro atoms. The quantitative estimate of drug-likeness (QED) is 0.562. The SMILES string of the molecule is Cc1ccc(S(=O)(=O)O)cc1C.[Al]. The number of hydrogen-bond acceptors (Lipinski definition) is 2. The minimum absolute atomic E-state index is 0. The summed E-state index contributed by atoms with van der Waals surface area (Å²) >= 11 is 0. The van der Waals surface area contributed by atoms with Crippen LogP contribution in [-0.4, -0.2) is 30.3 Å². The van der Waals surface area contributed by atoms with Crippen LogP contribution in [0.2, 0.25) is 0 Å². The van der Waals surface area contributed by atoms with Crippen LogP contribution in [-0.2, 0) is 10.1 Å². The van der Waals surface area contributed by atoms with E-state index in [1.54, 1.807) is 13.0 Å². The van der Waals surface area contributed by atoms with E-state index in [2.05, 4.69) is 0 Å². The zero-order chi connectivity index (χ0) is 9.35. The molecule has 13 heavy (non-hydrogen) atoms. The van der Waals surface area contributed by atoms with Crippen LogP contribution in [0.5, 0.6) is 0 Å². The van der Waals surface area contributed by atoms with Gasteiger partial charge in [0.2, 0.25) is 0 Å². The van der Waals surface area contributed by atoms with Crippen molar-refractivity contribution >= 4 is 27.5 Å². The van der Waals surface area contributed by atoms with Gasteiger partial charge in [-0.1, -0.05) is 6.07 Å². The lowest BCUT2D eigenvalue weighted by atomic mass is 10.1. The molecule has 0 amide bonds. The van der Waals surface area contributed by atoms with Gasteiger partial charge in [-0.15, -0.1) is 0 Å². The van der Waals surface area contributed by atoms with Crippen molar-refractivity contribution in [2.45, 2.75) is 18.7 Å². The molecule has 1 aromatic rings. The third-order valence-electron chi connectivity index (χ3n) is 1.78. The van der Waals surface area contributed by atoms with Crippen LogP contribution in [0.3, 0.4) is 0 Å². The largest absolute Gasteiger partial charge is 0.294 e. The Balaban J connectivity index is 0.00000144. The molecule has 0 aliphatic rings. The monoisotopic (exact) mass is 213 g/mol. The van der Waals surface area contributed by atoms with Crippen molar-refractivity contribution < 1.29 is 13.0 Å². The van der Waals surface area contributed by atoms with Gasteiger partial charge in [0.15, 0.2) is 0 Å². The average Bonchev–Trinajstić information content (AvgIpc) is 1.92. The van der Waals surface area contributed by atoms with Crippen molar-refractivity contribution in [3.63, 3.8) is 0 Å². The van der Waals surface area contributed by atoms with E-state index in [0.717, 1.165) is 11.1 Å². The Morgan fingerprint density at radius 3 is 2.08 bits per heavy atom. The van der Waals surface area contributed by atoms with E-state index in [-0.39, 0.29) is 22.3 Å². The molecule has 1 N–H and O–H groups in total. The Hall–Kier alpha value is -0.338. The average molecular weight is 213 g/mol. The molecule has 1 rings (SSSR count). The fourth-order valence-corrected chi connectivity index (χ4v) is 1.44. The van der Waals surface area contributed by atoms with Gasteiger partial charge in [-0.2, -0.15) is 8.42 Å².